The fraction of sp³-hybridized carbons (Fsp3) is 0.235. The number of carbonyl (C=O) groups excluding carboxylic acids is 1. The Labute approximate surface area is 123 Å². The highest BCUT2D eigenvalue weighted by Gasteiger charge is 2.30. The van der Waals surface area contributed by atoms with E-state index in [2.05, 4.69) is 0 Å². The maximum Gasteiger partial charge on any atom is 0.302 e. The Morgan fingerprint density at radius 2 is 1.71 bits per heavy atom. The molecule has 4 heteroatoms. The van der Waals surface area contributed by atoms with Crippen LogP contribution in [0.2, 0.25) is 0 Å². The van der Waals surface area contributed by atoms with Crippen LogP contribution in [0.3, 0.4) is 0 Å². The Bertz CT molecular complexity index is 595. The summed E-state index contributed by atoms with van der Waals surface area (Å²) in [5, 5.41) is 0. The number of hydrogen-bond donors (Lipinski definition) is 0. The summed E-state index contributed by atoms with van der Waals surface area (Å²) in [6.07, 6.45) is 0. The van der Waals surface area contributed by atoms with Crippen molar-refractivity contribution in [2.45, 2.75) is 19.4 Å². The summed E-state index contributed by atoms with van der Waals surface area (Å²) < 4.78 is 24.0. The van der Waals surface area contributed by atoms with Crippen molar-refractivity contribution in [1.82, 2.24) is 0 Å². The van der Waals surface area contributed by atoms with Gasteiger partial charge in [0.05, 0.1) is 0 Å². The van der Waals surface area contributed by atoms with E-state index in [-0.39, 0.29) is 18.4 Å². The van der Waals surface area contributed by atoms with E-state index in [0.29, 0.717) is 5.75 Å². The molecular weight excluding hydrogens is 271 g/mol. The molecule has 0 N–H and O–H groups in total. The van der Waals surface area contributed by atoms with Gasteiger partial charge >= 0.3 is 5.97 Å². The predicted octanol–water partition coefficient (Wildman–Crippen LogP) is 3.68. The van der Waals surface area contributed by atoms with E-state index in [1.807, 2.05) is 37.3 Å². The third-order valence-electron chi connectivity index (χ3n) is 3.09. The molecule has 0 aliphatic heterocycles. The van der Waals surface area contributed by atoms with Crippen molar-refractivity contribution < 1.29 is 18.7 Å². The van der Waals surface area contributed by atoms with Gasteiger partial charge in [-0.3, -0.25) is 4.79 Å². The summed E-state index contributed by atoms with van der Waals surface area (Å²) >= 11 is 0. The number of halogens is 1. The summed E-state index contributed by atoms with van der Waals surface area (Å²) in [7, 11) is 0. The Balaban J connectivity index is 2.27. The van der Waals surface area contributed by atoms with Crippen molar-refractivity contribution in [3.63, 3.8) is 0 Å². The molecule has 0 heterocycles. The third kappa shape index (κ3) is 4.05. The molecular formula is C17H17FO3. The van der Waals surface area contributed by atoms with Crippen molar-refractivity contribution in [2.75, 3.05) is 6.61 Å². The summed E-state index contributed by atoms with van der Waals surface area (Å²) in [6.45, 7) is 3.25. The van der Waals surface area contributed by atoms with Gasteiger partial charge in [-0.15, -0.1) is 0 Å². The molecule has 0 aromatic heterocycles. The maximum absolute atomic E-state index is 13.0. The minimum absolute atomic E-state index is 0.0731. The zero-order valence-electron chi connectivity index (χ0n) is 12.0. The minimum atomic E-state index is -0.843. The van der Waals surface area contributed by atoms with Crippen LogP contribution in [-0.4, -0.2) is 12.6 Å². The quantitative estimate of drug-likeness (QED) is 0.787. The Hall–Kier alpha value is -2.36. The SMILES string of the molecule is CC(=O)OCC(C)(Oc1ccc(F)cc1)c1ccccc1. The zero-order chi connectivity index (χ0) is 15.3. The molecule has 0 saturated carbocycles. The molecule has 0 radical (unpaired) electrons. The normalized spacial score (nSPS) is 13.3. The van der Waals surface area contributed by atoms with Crippen molar-refractivity contribution in [2.24, 2.45) is 0 Å². The van der Waals surface area contributed by atoms with E-state index in [1.165, 1.54) is 19.1 Å². The first-order valence-electron chi connectivity index (χ1n) is 6.63. The molecule has 2 aromatic rings. The summed E-state index contributed by atoms with van der Waals surface area (Å²) in [5.41, 5.74) is 0.0284. The second-order valence-corrected chi connectivity index (χ2v) is 4.93. The zero-order valence-corrected chi connectivity index (χ0v) is 12.0. The van der Waals surface area contributed by atoms with Gasteiger partial charge in [0.15, 0.2) is 5.60 Å². The Morgan fingerprint density at radius 1 is 1.10 bits per heavy atom. The molecule has 2 rings (SSSR count). The van der Waals surface area contributed by atoms with Crippen molar-refractivity contribution >= 4 is 5.97 Å². The molecule has 0 spiro atoms. The molecule has 0 amide bonds. The molecule has 21 heavy (non-hydrogen) atoms. The van der Waals surface area contributed by atoms with Gasteiger partial charge in [0.2, 0.25) is 0 Å². The molecule has 3 nitrogen and oxygen atoms in total. The van der Waals surface area contributed by atoms with E-state index < -0.39 is 5.60 Å². The van der Waals surface area contributed by atoms with Crippen LogP contribution < -0.4 is 4.74 Å². The predicted molar refractivity (Wildman–Crippen MR) is 77.5 cm³/mol. The van der Waals surface area contributed by atoms with Crippen LogP contribution in [0.4, 0.5) is 4.39 Å². The van der Waals surface area contributed by atoms with Crippen molar-refractivity contribution in [1.29, 1.82) is 0 Å². The lowest BCUT2D eigenvalue weighted by Gasteiger charge is -2.30. The second-order valence-electron chi connectivity index (χ2n) is 4.93. The van der Waals surface area contributed by atoms with E-state index in [4.69, 9.17) is 9.47 Å². The van der Waals surface area contributed by atoms with Gasteiger partial charge in [0.1, 0.15) is 18.2 Å². The lowest BCUT2D eigenvalue weighted by atomic mass is 9.96. The van der Waals surface area contributed by atoms with Crippen LogP contribution in [0.1, 0.15) is 19.4 Å². The van der Waals surface area contributed by atoms with E-state index in [9.17, 15) is 9.18 Å². The fourth-order valence-corrected chi connectivity index (χ4v) is 1.96. The van der Waals surface area contributed by atoms with Gasteiger partial charge in [-0.2, -0.15) is 0 Å². The first-order chi connectivity index (χ1) is 9.99. The Kier molecular flexibility index (Phi) is 4.58. The van der Waals surface area contributed by atoms with Crippen molar-refractivity contribution in [3.8, 4) is 5.75 Å². The van der Waals surface area contributed by atoms with Crippen LogP contribution in [0.5, 0.6) is 5.75 Å². The van der Waals surface area contributed by atoms with Crippen LogP contribution in [-0.2, 0) is 15.1 Å². The van der Waals surface area contributed by atoms with E-state index in [0.717, 1.165) is 5.56 Å². The number of ether oxygens (including phenoxy) is 2. The average Bonchev–Trinajstić information content (AvgIpc) is 2.49. The van der Waals surface area contributed by atoms with Gasteiger partial charge in [0, 0.05) is 6.92 Å². The molecule has 0 fully saturated rings. The van der Waals surface area contributed by atoms with Crippen LogP contribution in [0.15, 0.2) is 54.6 Å². The fourth-order valence-electron chi connectivity index (χ4n) is 1.96. The number of rotatable bonds is 5. The van der Waals surface area contributed by atoms with Gasteiger partial charge in [-0.1, -0.05) is 30.3 Å². The van der Waals surface area contributed by atoms with Crippen molar-refractivity contribution in [3.05, 3.63) is 66.0 Å². The summed E-state index contributed by atoms with van der Waals surface area (Å²) in [6, 6.07) is 15.2. The lowest BCUT2D eigenvalue weighted by molar-refractivity contribution is -0.147. The number of esters is 1. The Morgan fingerprint density at radius 3 is 2.29 bits per heavy atom. The average molecular weight is 288 g/mol. The molecule has 110 valence electrons. The highest BCUT2D eigenvalue weighted by atomic mass is 19.1. The van der Waals surface area contributed by atoms with Crippen LogP contribution in [0, 0.1) is 5.82 Å². The third-order valence-corrected chi connectivity index (χ3v) is 3.09. The highest BCUT2D eigenvalue weighted by molar-refractivity contribution is 5.66. The van der Waals surface area contributed by atoms with E-state index in [1.54, 1.807) is 12.1 Å². The molecule has 1 unspecified atom stereocenters. The van der Waals surface area contributed by atoms with Gasteiger partial charge in [-0.25, -0.2) is 4.39 Å². The van der Waals surface area contributed by atoms with Crippen LogP contribution >= 0.6 is 0 Å². The minimum Gasteiger partial charge on any atom is -0.479 e. The maximum atomic E-state index is 13.0. The van der Waals surface area contributed by atoms with Gasteiger partial charge in [-0.05, 0) is 36.8 Å². The second kappa shape index (κ2) is 6.39. The van der Waals surface area contributed by atoms with Gasteiger partial charge in [0.25, 0.3) is 0 Å². The molecule has 0 aliphatic rings. The van der Waals surface area contributed by atoms with Crippen LogP contribution in [0.25, 0.3) is 0 Å². The largest absolute Gasteiger partial charge is 0.479 e. The molecule has 0 saturated heterocycles. The highest BCUT2D eigenvalue weighted by Crippen LogP contribution is 2.28. The molecule has 0 aliphatic carbocycles. The number of carbonyl (C=O) groups is 1. The summed E-state index contributed by atoms with van der Waals surface area (Å²) in [5.74, 6) is -0.196. The smallest absolute Gasteiger partial charge is 0.302 e. The van der Waals surface area contributed by atoms with E-state index >= 15 is 0 Å². The topological polar surface area (TPSA) is 35.5 Å². The first-order valence-corrected chi connectivity index (χ1v) is 6.63. The number of benzene rings is 2. The standard InChI is InChI=1S/C17H17FO3/c1-13(19)20-12-17(2,14-6-4-3-5-7-14)21-16-10-8-15(18)9-11-16/h3-11H,12H2,1-2H3. The first kappa shape index (κ1) is 15.0. The molecule has 2 aromatic carbocycles. The molecule has 0 bridgehead atoms. The van der Waals surface area contributed by atoms with Gasteiger partial charge < -0.3 is 9.47 Å². The summed E-state index contributed by atoms with van der Waals surface area (Å²) in [4.78, 5) is 11.1. The molecule has 1 atom stereocenters. The number of hydrogen-bond acceptors (Lipinski definition) is 3. The lowest BCUT2D eigenvalue weighted by Crippen LogP contribution is -2.35. The monoisotopic (exact) mass is 288 g/mol.